The number of hydrogen-bond acceptors (Lipinski definition) is 2. The Morgan fingerprint density at radius 3 is 2.59 bits per heavy atom. The quantitative estimate of drug-likeness (QED) is 0.825. The van der Waals surface area contributed by atoms with Crippen LogP contribution in [-0.4, -0.2) is 25.7 Å². The summed E-state index contributed by atoms with van der Waals surface area (Å²) in [5.74, 6) is -5.29. The Morgan fingerprint density at radius 2 is 2.00 bits per heavy atom. The average molecular weight is 247 g/mol. The molecule has 0 spiro atoms. The highest BCUT2D eigenvalue weighted by Crippen LogP contribution is 2.15. The minimum absolute atomic E-state index is 0.233. The van der Waals surface area contributed by atoms with Gasteiger partial charge in [-0.15, -0.1) is 0 Å². The van der Waals surface area contributed by atoms with Gasteiger partial charge in [0.05, 0.1) is 12.2 Å². The molecular formula is C11H12F3NO2. The van der Waals surface area contributed by atoms with Gasteiger partial charge in [-0.05, 0) is 19.1 Å². The number of halogens is 3. The third kappa shape index (κ3) is 3.20. The molecule has 1 amide bonds. The zero-order valence-corrected chi connectivity index (χ0v) is 9.39. The largest absolute Gasteiger partial charge is 0.383 e. The maximum atomic E-state index is 13.2. The van der Waals surface area contributed by atoms with Crippen LogP contribution in [0.2, 0.25) is 0 Å². The highest BCUT2D eigenvalue weighted by atomic mass is 19.2. The molecule has 0 aliphatic heterocycles. The highest BCUT2D eigenvalue weighted by Gasteiger charge is 2.19. The predicted octanol–water partition coefficient (Wildman–Crippen LogP) is 1.87. The minimum atomic E-state index is -1.66. The number of hydrogen-bond donors (Lipinski definition) is 1. The van der Waals surface area contributed by atoms with Crippen molar-refractivity contribution in [2.45, 2.75) is 13.0 Å². The van der Waals surface area contributed by atoms with Gasteiger partial charge in [-0.3, -0.25) is 4.79 Å². The van der Waals surface area contributed by atoms with Gasteiger partial charge in [0.2, 0.25) is 0 Å². The van der Waals surface area contributed by atoms with Crippen LogP contribution in [0.1, 0.15) is 17.3 Å². The monoisotopic (exact) mass is 247 g/mol. The van der Waals surface area contributed by atoms with Gasteiger partial charge in [0.1, 0.15) is 0 Å². The summed E-state index contributed by atoms with van der Waals surface area (Å²) < 4.78 is 43.5. The number of amides is 1. The summed E-state index contributed by atoms with van der Waals surface area (Å²) in [7, 11) is 1.45. The summed E-state index contributed by atoms with van der Waals surface area (Å²) in [5, 5.41) is 2.39. The number of ether oxygens (including phenoxy) is 1. The van der Waals surface area contributed by atoms with Crippen molar-refractivity contribution in [3.8, 4) is 0 Å². The normalized spacial score (nSPS) is 12.3. The summed E-state index contributed by atoms with van der Waals surface area (Å²) in [6.07, 6.45) is 0. The molecule has 6 heteroatoms. The van der Waals surface area contributed by atoms with Gasteiger partial charge in [-0.25, -0.2) is 13.2 Å². The smallest absolute Gasteiger partial charge is 0.254 e. The van der Waals surface area contributed by atoms with E-state index in [0.717, 1.165) is 6.07 Å². The van der Waals surface area contributed by atoms with Crippen LogP contribution in [0, 0.1) is 17.5 Å². The molecule has 94 valence electrons. The molecule has 1 atom stereocenters. The zero-order chi connectivity index (χ0) is 13.0. The molecule has 0 saturated carbocycles. The Bertz CT molecular complexity index is 423. The van der Waals surface area contributed by atoms with Gasteiger partial charge >= 0.3 is 0 Å². The topological polar surface area (TPSA) is 38.3 Å². The SMILES string of the molecule is COCC(C)NC(=O)c1ccc(F)c(F)c1F. The van der Waals surface area contributed by atoms with E-state index >= 15 is 0 Å². The van der Waals surface area contributed by atoms with Crippen molar-refractivity contribution < 1.29 is 22.7 Å². The molecule has 0 radical (unpaired) electrons. The van der Waals surface area contributed by atoms with Crippen molar-refractivity contribution in [3.05, 3.63) is 35.1 Å². The standard InChI is InChI=1S/C11H12F3NO2/c1-6(5-17-2)15-11(16)7-3-4-8(12)10(14)9(7)13/h3-4,6H,5H2,1-2H3,(H,15,16). The van der Waals surface area contributed by atoms with E-state index in [1.807, 2.05) is 0 Å². The van der Waals surface area contributed by atoms with Crippen LogP contribution in [0.3, 0.4) is 0 Å². The van der Waals surface area contributed by atoms with Crippen LogP contribution in [0.15, 0.2) is 12.1 Å². The molecule has 0 aliphatic carbocycles. The molecule has 0 aromatic heterocycles. The van der Waals surface area contributed by atoms with Crippen molar-refractivity contribution in [1.29, 1.82) is 0 Å². The summed E-state index contributed by atoms with van der Waals surface area (Å²) in [6, 6.07) is 1.23. The van der Waals surface area contributed by atoms with E-state index in [-0.39, 0.29) is 12.6 Å². The third-order valence-corrected chi connectivity index (χ3v) is 2.07. The maximum absolute atomic E-state index is 13.2. The van der Waals surface area contributed by atoms with E-state index in [1.54, 1.807) is 6.92 Å². The van der Waals surface area contributed by atoms with E-state index in [1.165, 1.54) is 7.11 Å². The van der Waals surface area contributed by atoms with Crippen LogP contribution >= 0.6 is 0 Å². The Hall–Kier alpha value is -1.56. The molecule has 0 bridgehead atoms. The van der Waals surface area contributed by atoms with E-state index in [2.05, 4.69) is 5.32 Å². The van der Waals surface area contributed by atoms with Gasteiger partial charge in [-0.2, -0.15) is 0 Å². The molecule has 0 aliphatic rings. The molecule has 0 heterocycles. The van der Waals surface area contributed by atoms with E-state index in [9.17, 15) is 18.0 Å². The number of rotatable bonds is 4. The van der Waals surface area contributed by atoms with Gasteiger partial charge in [-0.1, -0.05) is 0 Å². The maximum Gasteiger partial charge on any atom is 0.254 e. The Labute approximate surface area is 96.6 Å². The first-order valence-corrected chi connectivity index (χ1v) is 4.90. The molecular weight excluding hydrogens is 235 g/mol. The summed E-state index contributed by atoms with van der Waals surface area (Å²) in [4.78, 5) is 11.5. The Morgan fingerprint density at radius 1 is 1.35 bits per heavy atom. The molecule has 1 N–H and O–H groups in total. The van der Waals surface area contributed by atoms with Crippen molar-refractivity contribution in [2.24, 2.45) is 0 Å². The lowest BCUT2D eigenvalue weighted by Gasteiger charge is -2.13. The summed E-state index contributed by atoms with van der Waals surface area (Å²) >= 11 is 0. The molecule has 1 aromatic rings. The van der Waals surface area contributed by atoms with Gasteiger partial charge < -0.3 is 10.1 Å². The van der Waals surface area contributed by atoms with Crippen molar-refractivity contribution in [2.75, 3.05) is 13.7 Å². The molecule has 3 nitrogen and oxygen atoms in total. The van der Waals surface area contributed by atoms with E-state index < -0.39 is 28.9 Å². The fourth-order valence-corrected chi connectivity index (χ4v) is 1.29. The number of methoxy groups -OCH3 is 1. The average Bonchev–Trinajstić information content (AvgIpc) is 2.26. The number of nitrogens with one attached hydrogen (secondary N) is 1. The molecule has 0 fully saturated rings. The van der Waals surface area contributed by atoms with E-state index in [4.69, 9.17) is 4.74 Å². The van der Waals surface area contributed by atoms with Crippen LogP contribution in [-0.2, 0) is 4.74 Å². The van der Waals surface area contributed by atoms with Crippen LogP contribution in [0.25, 0.3) is 0 Å². The van der Waals surface area contributed by atoms with Crippen molar-refractivity contribution >= 4 is 5.91 Å². The van der Waals surface area contributed by atoms with Crippen LogP contribution in [0.5, 0.6) is 0 Å². The molecule has 17 heavy (non-hydrogen) atoms. The fraction of sp³-hybridized carbons (Fsp3) is 0.364. The minimum Gasteiger partial charge on any atom is -0.383 e. The Balaban J connectivity index is 2.86. The summed E-state index contributed by atoms with van der Waals surface area (Å²) in [5.41, 5.74) is -0.535. The number of carbonyl (C=O) groups excluding carboxylic acids is 1. The number of benzene rings is 1. The lowest BCUT2D eigenvalue weighted by atomic mass is 10.1. The fourth-order valence-electron chi connectivity index (χ4n) is 1.29. The molecule has 1 unspecified atom stereocenters. The van der Waals surface area contributed by atoms with Crippen LogP contribution in [0.4, 0.5) is 13.2 Å². The molecule has 1 rings (SSSR count). The van der Waals surface area contributed by atoms with Gasteiger partial charge in [0.25, 0.3) is 5.91 Å². The first-order chi connectivity index (χ1) is 7.97. The first kappa shape index (κ1) is 13.5. The summed E-state index contributed by atoms with van der Waals surface area (Å²) in [6.45, 7) is 1.87. The Kier molecular flexibility index (Phi) is 4.51. The van der Waals surface area contributed by atoms with E-state index in [0.29, 0.717) is 6.07 Å². The highest BCUT2D eigenvalue weighted by molar-refractivity contribution is 5.94. The van der Waals surface area contributed by atoms with Gasteiger partial charge in [0, 0.05) is 13.2 Å². The zero-order valence-electron chi connectivity index (χ0n) is 9.39. The lowest BCUT2D eigenvalue weighted by Crippen LogP contribution is -2.36. The lowest BCUT2D eigenvalue weighted by molar-refractivity contribution is 0.0900. The predicted molar refractivity (Wildman–Crippen MR) is 55.1 cm³/mol. The van der Waals surface area contributed by atoms with Gasteiger partial charge in [0.15, 0.2) is 17.5 Å². The first-order valence-electron chi connectivity index (χ1n) is 4.90. The third-order valence-electron chi connectivity index (χ3n) is 2.07. The second kappa shape index (κ2) is 5.67. The molecule has 1 aromatic carbocycles. The second-order valence-electron chi connectivity index (χ2n) is 3.55. The second-order valence-corrected chi connectivity index (χ2v) is 3.55. The number of carbonyl (C=O) groups is 1. The molecule has 0 saturated heterocycles. The van der Waals surface area contributed by atoms with Crippen molar-refractivity contribution in [3.63, 3.8) is 0 Å². The van der Waals surface area contributed by atoms with Crippen LogP contribution < -0.4 is 5.32 Å². The van der Waals surface area contributed by atoms with Crippen molar-refractivity contribution in [1.82, 2.24) is 5.32 Å².